The number of piperazine rings is 1. The number of nitrogens with one attached hydrogen (secondary N) is 1. The highest BCUT2D eigenvalue weighted by molar-refractivity contribution is 7.89. The first kappa shape index (κ1) is 16.0. The molecule has 23 heavy (non-hydrogen) atoms. The van der Waals surface area contributed by atoms with Crippen LogP contribution in [0.1, 0.15) is 5.56 Å². The molecule has 7 nitrogen and oxygen atoms in total. The van der Waals surface area contributed by atoms with Gasteiger partial charge in [0.25, 0.3) is 0 Å². The first-order valence-corrected chi connectivity index (χ1v) is 8.88. The number of rotatable bonds is 5. The lowest BCUT2D eigenvalue weighted by Gasteiger charge is -2.33. The molecule has 0 radical (unpaired) electrons. The van der Waals surface area contributed by atoms with Crippen molar-refractivity contribution in [2.75, 3.05) is 33.3 Å². The van der Waals surface area contributed by atoms with Gasteiger partial charge in [-0.2, -0.15) is 9.40 Å². The summed E-state index contributed by atoms with van der Waals surface area (Å²) in [6.45, 7) is 3.08. The Bertz CT molecular complexity index is 738. The van der Waals surface area contributed by atoms with Crippen LogP contribution in [0, 0.1) is 0 Å². The third-order valence-corrected chi connectivity index (χ3v) is 5.89. The minimum Gasteiger partial charge on any atom is -0.496 e. The fraction of sp³-hybridized carbons (Fsp3) is 0.400. The van der Waals surface area contributed by atoms with Gasteiger partial charge in [0, 0.05) is 44.5 Å². The molecule has 1 saturated heterocycles. The van der Waals surface area contributed by atoms with Gasteiger partial charge in [0.15, 0.2) is 0 Å². The van der Waals surface area contributed by atoms with Gasteiger partial charge in [-0.3, -0.25) is 10.00 Å². The Kier molecular flexibility index (Phi) is 4.65. The SMILES string of the molecule is COc1ccccc1CN1CCN(S(=O)(=O)c2cn[nH]c2)CC1. The fourth-order valence-corrected chi connectivity index (χ4v) is 4.06. The van der Waals surface area contributed by atoms with Crippen molar-refractivity contribution in [3.8, 4) is 5.75 Å². The topological polar surface area (TPSA) is 78.5 Å². The van der Waals surface area contributed by atoms with Crippen LogP contribution < -0.4 is 4.74 Å². The molecule has 0 amide bonds. The highest BCUT2D eigenvalue weighted by Gasteiger charge is 2.29. The first-order valence-electron chi connectivity index (χ1n) is 7.44. The molecule has 1 aliphatic rings. The zero-order chi connectivity index (χ0) is 16.3. The molecule has 0 atom stereocenters. The summed E-state index contributed by atoms with van der Waals surface area (Å²) in [7, 11) is -1.78. The molecule has 0 saturated carbocycles. The Labute approximate surface area is 135 Å². The quantitative estimate of drug-likeness (QED) is 0.879. The van der Waals surface area contributed by atoms with E-state index in [4.69, 9.17) is 4.74 Å². The number of hydrogen-bond acceptors (Lipinski definition) is 5. The number of sulfonamides is 1. The van der Waals surface area contributed by atoms with Crippen LogP contribution in [0.4, 0.5) is 0 Å². The van der Waals surface area contributed by atoms with Crippen molar-refractivity contribution < 1.29 is 13.2 Å². The van der Waals surface area contributed by atoms with Gasteiger partial charge < -0.3 is 4.74 Å². The lowest BCUT2D eigenvalue weighted by molar-refractivity contribution is 0.180. The number of methoxy groups -OCH3 is 1. The van der Waals surface area contributed by atoms with Crippen molar-refractivity contribution in [1.82, 2.24) is 19.4 Å². The van der Waals surface area contributed by atoms with E-state index in [2.05, 4.69) is 15.1 Å². The van der Waals surface area contributed by atoms with E-state index >= 15 is 0 Å². The number of para-hydroxylation sites is 1. The van der Waals surface area contributed by atoms with Crippen molar-refractivity contribution in [3.05, 3.63) is 42.2 Å². The number of aromatic nitrogens is 2. The molecule has 8 heteroatoms. The maximum atomic E-state index is 12.4. The normalized spacial score (nSPS) is 17.3. The van der Waals surface area contributed by atoms with Crippen LogP contribution in [0.15, 0.2) is 41.6 Å². The van der Waals surface area contributed by atoms with E-state index in [0.717, 1.165) is 17.9 Å². The molecule has 3 rings (SSSR count). The van der Waals surface area contributed by atoms with E-state index in [1.165, 1.54) is 16.7 Å². The molecule has 1 N–H and O–H groups in total. The third-order valence-electron chi connectivity index (χ3n) is 4.03. The van der Waals surface area contributed by atoms with Crippen molar-refractivity contribution >= 4 is 10.0 Å². The minimum absolute atomic E-state index is 0.218. The van der Waals surface area contributed by atoms with Crippen molar-refractivity contribution in [3.63, 3.8) is 0 Å². The minimum atomic E-state index is -3.44. The second kappa shape index (κ2) is 6.69. The molecule has 0 spiro atoms. The van der Waals surface area contributed by atoms with Crippen molar-refractivity contribution in [2.24, 2.45) is 0 Å². The summed E-state index contributed by atoms with van der Waals surface area (Å²) >= 11 is 0. The largest absolute Gasteiger partial charge is 0.496 e. The zero-order valence-electron chi connectivity index (χ0n) is 13.0. The first-order chi connectivity index (χ1) is 11.1. The number of nitrogens with zero attached hydrogens (tertiary/aromatic N) is 3. The van der Waals surface area contributed by atoms with Gasteiger partial charge in [0.05, 0.1) is 13.3 Å². The molecule has 1 aromatic carbocycles. The summed E-state index contributed by atoms with van der Waals surface area (Å²) in [4.78, 5) is 2.45. The van der Waals surface area contributed by atoms with E-state index in [9.17, 15) is 8.42 Å². The van der Waals surface area contributed by atoms with Crippen LogP contribution in [-0.4, -0.2) is 61.1 Å². The number of H-pyrrole nitrogens is 1. The summed E-state index contributed by atoms with van der Waals surface area (Å²) in [5.41, 5.74) is 1.11. The predicted molar refractivity (Wildman–Crippen MR) is 85.6 cm³/mol. The molecule has 124 valence electrons. The Morgan fingerprint density at radius 1 is 1.22 bits per heavy atom. The van der Waals surface area contributed by atoms with Crippen LogP contribution in [0.25, 0.3) is 0 Å². The Morgan fingerprint density at radius 3 is 2.61 bits per heavy atom. The van der Waals surface area contributed by atoms with E-state index in [1.54, 1.807) is 7.11 Å². The lowest BCUT2D eigenvalue weighted by Crippen LogP contribution is -2.48. The summed E-state index contributed by atoms with van der Waals surface area (Å²) in [6, 6.07) is 7.90. The molecular weight excluding hydrogens is 316 g/mol. The average molecular weight is 336 g/mol. The maximum Gasteiger partial charge on any atom is 0.246 e. The molecule has 2 heterocycles. The van der Waals surface area contributed by atoms with E-state index in [1.807, 2.05) is 24.3 Å². The number of ether oxygens (including phenoxy) is 1. The van der Waals surface area contributed by atoms with Crippen LogP contribution >= 0.6 is 0 Å². The lowest BCUT2D eigenvalue weighted by atomic mass is 10.2. The number of benzene rings is 1. The summed E-state index contributed by atoms with van der Waals surface area (Å²) in [6.07, 6.45) is 2.76. The molecule has 2 aromatic rings. The third kappa shape index (κ3) is 3.39. The average Bonchev–Trinajstić information content (AvgIpc) is 3.11. The standard InChI is InChI=1S/C15H20N4O3S/c1-22-15-5-3-2-4-13(15)12-18-6-8-19(9-7-18)23(20,21)14-10-16-17-11-14/h2-5,10-11H,6-9,12H2,1H3,(H,16,17). The van der Waals surface area contributed by atoms with Crippen LogP contribution in [0.3, 0.4) is 0 Å². The van der Waals surface area contributed by atoms with Gasteiger partial charge in [-0.1, -0.05) is 18.2 Å². The molecular formula is C15H20N4O3S. The van der Waals surface area contributed by atoms with Crippen LogP contribution in [0.5, 0.6) is 5.75 Å². The van der Waals surface area contributed by atoms with Crippen LogP contribution in [-0.2, 0) is 16.6 Å². The monoisotopic (exact) mass is 336 g/mol. The highest BCUT2D eigenvalue weighted by atomic mass is 32.2. The van der Waals surface area contributed by atoms with Gasteiger partial charge in [-0.15, -0.1) is 0 Å². The zero-order valence-corrected chi connectivity index (χ0v) is 13.8. The van der Waals surface area contributed by atoms with Gasteiger partial charge in [-0.25, -0.2) is 8.42 Å². The van der Waals surface area contributed by atoms with E-state index in [0.29, 0.717) is 26.2 Å². The van der Waals surface area contributed by atoms with Gasteiger partial charge in [-0.05, 0) is 6.07 Å². The molecule has 1 aromatic heterocycles. The van der Waals surface area contributed by atoms with E-state index < -0.39 is 10.0 Å². The van der Waals surface area contributed by atoms with Gasteiger partial charge in [0.2, 0.25) is 10.0 Å². The predicted octanol–water partition coefficient (Wildman–Crippen LogP) is 0.925. The molecule has 0 aliphatic carbocycles. The second-order valence-corrected chi connectivity index (χ2v) is 7.36. The number of hydrogen-bond donors (Lipinski definition) is 1. The summed E-state index contributed by atoms with van der Waals surface area (Å²) in [5.74, 6) is 0.862. The maximum absolute atomic E-state index is 12.4. The van der Waals surface area contributed by atoms with Crippen LogP contribution in [0.2, 0.25) is 0 Å². The van der Waals surface area contributed by atoms with E-state index in [-0.39, 0.29) is 4.90 Å². The fourth-order valence-electron chi connectivity index (χ4n) is 2.73. The summed E-state index contributed by atoms with van der Waals surface area (Å²) < 4.78 is 31.8. The summed E-state index contributed by atoms with van der Waals surface area (Å²) in [5, 5.41) is 6.27. The molecule has 1 fully saturated rings. The molecule has 0 unspecified atom stereocenters. The Hall–Kier alpha value is -1.90. The Morgan fingerprint density at radius 2 is 1.96 bits per heavy atom. The second-order valence-electron chi connectivity index (χ2n) is 5.43. The molecule has 1 aliphatic heterocycles. The van der Waals surface area contributed by atoms with Gasteiger partial charge >= 0.3 is 0 Å². The van der Waals surface area contributed by atoms with Crippen molar-refractivity contribution in [1.29, 1.82) is 0 Å². The van der Waals surface area contributed by atoms with Crippen molar-refractivity contribution in [2.45, 2.75) is 11.4 Å². The Balaban J connectivity index is 1.63. The smallest absolute Gasteiger partial charge is 0.246 e. The number of aromatic amines is 1. The van der Waals surface area contributed by atoms with Gasteiger partial charge in [0.1, 0.15) is 10.6 Å². The molecule has 0 bridgehead atoms. The highest BCUT2D eigenvalue weighted by Crippen LogP contribution is 2.21.